The van der Waals surface area contributed by atoms with Crippen LogP contribution in [0, 0.1) is 0 Å². The van der Waals surface area contributed by atoms with Gasteiger partial charge in [0, 0.05) is 12.1 Å². The van der Waals surface area contributed by atoms with Crippen molar-refractivity contribution in [2.24, 2.45) is 0 Å². The Hall–Kier alpha value is -4.35. The van der Waals surface area contributed by atoms with Crippen molar-refractivity contribution in [3.8, 4) is 22.8 Å². The number of aliphatic hydroxyl groups is 1. The Morgan fingerprint density at radius 1 is 1.10 bits per heavy atom. The van der Waals surface area contributed by atoms with Crippen molar-refractivity contribution in [1.82, 2.24) is 24.8 Å². The number of aromatic nitrogens is 3. The molecule has 1 fully saturated rings. The number of fused-ring (bicyclic) bond motifs is 1. The fourth-order valence-electron chi connectivity index (χ4n) is 4.51. The highest BCUT2D eigenvalue weighted by Gasteiger charge is 2.58. The van der Waals surface area contributed by atoms with E-state index in [2.05, 4.69) is 15.4 Å². The van der Waals surface area contributed by atoms with Gasteiger partial charge in [0.2, 0.25) is 5.60 Å². The highest BCUT2D eigenvalue weighted by molar-refractivity contribution is 6.00. The first-order valence-corrected chi connectivity index (χ1v) is 11.9. The van der Waals surface area contributed by atoms with E-state index in [0.29, 0.717) is 4.90 Å². The molecule has 1 aromatic carbocycles. The number of alkyl halides is 7. The highest BCUT2D eigenvalue weighted by atomic mass is 19.4. The first kappa shape index (κ1) is 30.6. The van der Waals surface area contributed by atoms with Crippen LogP contribution in [0.15, 0.2) is 24.5 Å². The topological polar surface area (TPSA) is 144 Å². The van der Waals surface area contributed by atoms with Crippen LogP contribution < -0.4 is 20.5 Å². The van der Waals surface area contributed by atoms with Gasteiger partial charge in [-0.2, -0.15) is 31.4 Å². The maximum atomic E-state index is 14.8. The summed E-state index contributed by atoms with van der Waals surface area (Å²) in [5.74, 6) is -3.65. The molecule has 2 amide bonds. The van der Waals surface area contributed by atoms with Gasteiger partial charge in [0.15, 0.2) is 17.3 Å². The number of hydrogen-bond acceptors (Lipinski definition) is 8. The molecule has 228 valence electrons. The fourth-order valence-corrected chi connectivity index (χ4v) is 4.51. The van der Waals surface area contributed by atoms with Gasteiger partial charge in [-0.05, 0) is 25.1 Å². The number of nitrogens with zero attached hydrogens (tertiary/aromatic N) is 4. The number of halogens is 7. The first-order chi connectivity index (χ1) is 19.4. The van der Waals surface area contributed by atoms with Crippen molar-refractivity contribution in [1.29, 1.82) is 0 Å². The Morgan fingerprint density at radius 2 is 1.76 bits per heavy atom. The number of methoxy groups -OCH3 is 2. The molecule has 1 aliphatic rings. The molecule has 1 aliphatic heterocycles. The Balaban J connectivity index is 1.72. The van der Waals surface area contributed by atoms with Crippen LogP contribution in [0.5, 0.6) is 11.5 Å². The zero-order valence-corrected chi connectivity index (χ0v) is 22.0. The molecule has 42 heavy (non-hydrogen) atoms. The standard InChI is InChI=1S/C24H23F7N6O5/c1-22(40,24(29,30)31)21(39)36-7-13(25)14(8-36)35-20(38)11-4-10(5-16(41-2)18(11)42-3)15-6-12(23(26,27)28)17-19(32)33-9-34-37(15)17/h4-6,9,13-14,40H,7-8H2,1-3H3,(H,35,38)(H2,32,33,34)/t13-,14+,22+/m0/s1. The molecular formula is C24H23F7N6O5. The summed E-state index contributed by atoms with van der Waals surface area (Å²) in [4.78, 5) is 29.6. The summed E-state index contributed by atoms with van der Waals surface area (Å²) >= 11 is 0. The zero-order chi connectivity index (χ0) is 31.4. The molecule has 0 saturated carbocycles. The number of nitrogen functional groups attached to an aromatic ring is 1. The van der Waals surface area contributed by atoms with Crippen LogP contribution >= 0.6 is 0 Å². The zero-order valence-electron chi connectivity index (χ0n) is 22.0. The molecule has 3 atom stereocenters. The number of benzene rings is 1. The minimum Gasteiger partial charge on any atom is -0.493 e. The average Bonchev–Trinajstić information content (AvgIpc) is 3.48. The predicted octanol–water partition coefficient (Wildman–Crippen LogP) is 2.61. The number of amides is 2. The third-order valence-electron chi connectivity index (χ3n) is 6.73. The van der Waals surface area contributed by atoms with E-state index in [4.69, 9.17) is 15.2 Å². The third-order valence-corrected chi connectivity index (χ3v) is 6.73. The smallest absolute Gasteiger partial charge is 0.426 e. The van der Waals surface area contributed by atoms with Crippen LogP contribution in [0.1, 0.15) is 22.8 Å². The monoisotopic (exact) mass is 608 g/mol. The lowest BCUT2D eigenvalue weighted by atomic mass is 10.0. The predicted molar refractivity (Wildman–Crippen MR) is 130 cm³/mol. The van der Waals surface area contributed by atoms with Crippen molar-refractivity contribution < 1.29 is 54.9 Å². The van der Waals surface area contributed by atoms with Gasteiger partial charge in [-0.25, -0.2) is 13.9 Å². The van der Waals surface area contributed by atoms with E-state index in [9.17, 15) is 45.4 Å². The molecule has 18 heteroatoms. The number of rotatable bonds is 6. The van der Waals surface area contributed by atoms with E-state index in [-0.39, 0.29) is 35.2 Å². The van der Waals surface area contributed by atoms with E-state index in [1.54, 1.807) is 0 Å². The maximum Gasteiger partial charge on any atom is 0.426 e. The Labute approximate surface area is 232 Å². The molecular weight excluding hydrogens is 585 g/mol. The van der Waals surface area contributed by atoms with Crippen LogP contribution in [0.3, 0.4) is 0 Å². The lowest BCUT2D eigenvalue weighted by molar-refractivity contribution is -0.249. The van der Waals surface area contributed by atoms with E-state index < -0.39 is 72.0 Å². The van der Waals surface area contributed by atoms with E-state index in [1.807, 2.05) is 0 Å². The summed E-state index contributed by atoms with van der Waals surface area (Å²) in [6.45, 7) is -1.34. The molecule has 0 bridgehead atoms. The lowest BCUT2D eigenvalue weighted by Gasteiger charge is -2.29. The minimum absolute atomic E-state index is 0.0392. The van der Waals surface area contributed by atoms with Crippen molar-refractivity contribution >= 4 is 23.1 Å². The van der Waals surface area contributed by atoms with Gasteiger partial charge in [-0.3, -0.25) is 9.59 Å². The van der Waals surface area contributed by atoms with Crippen LogP contribution in [-0.4, -0.2) is 87.7 Å². The SMILES string of the molecule is COc1cc(-c2cc(C(F)(F)F)c3c(N)ncnn23)cc(C(=O)N[C@@H]2CN(C(=O)[C@@](C)(O)C(F)(F)F)C[C@@H]2F)c1OC. The molecule has 3 heterocycles. The van der Waals surface area contributed by atoms with Crippen LogP contribution in [0.4, 0.5) is 36.6 Å². The molecule has 0 spiro atoms. The molecule has 4 rings (SSSR count). The molecule has 3 aromatic rings. The van der Waals surface area contributed by atoms with Gasteiger partial charge >= 0.3 is 12.4 Å². The number of nitrogens with two attached hydrogens (primary N) is 1. The van der Waals surface area contributed by atoms with Crippen molar-refractivity contribution in [2.75, 3.05) is 33.0 Å². The fraction of sp³-hybridized carbons (Fsp3) is 0.417. The number of carbonyl (C=O) groups excluding carboxylic acids is 2. The molecule has 0 unspecified atom stereocenters. The maximum absolute atomic E-state index is 14.8. The number of ether oxygens (including phenoxy) is 2. The summed E-state index contributed by atoms with van der Waals surface area (Å²) in [7, 11) is 2.34. The van der Waals surface area contributed by atoms with Gasteiger partial charge in [-0.15, -0.1) is 0 Å². The summed E-state index contributed by atoms with van der Waals surface area (Å²) in [6, 6.07) is 1.58. The van der Waals surface area contributed by atoms with Crippen molar-refractivity contribution in [3.63, 3.8) is 0 Å². The molecule has 0 aliphatic carbocycles. The number of carbonyl (C=O) groups is 2. The second kappa shape index (κ2) is 10.5. The second-order valence-electron chi connectivity index (χ2n) is 9.48. The lowest BCUT2D eigenvalue weighted by Crippen LogP contribution is -2.56. The Bertz CT molecular complexity index is 1540. The number of hydrogen-bond donors (Lipinski definition) is 3. The van der Waals surface area contributed by atoms with Crippen molar-refractivity contribution in [3.05, 3.63) is 35.7 Å². The molecule has 4 N–H and O–H groups in total. The quantitative estimate of drug-likeness (QED) is 0.363. The third kappa shape index (κ3) is 5.21. The average molecular weight is 608 g/mol. The largest absolute Gasteiger partial charge is 0.493 e. The van der Waals surface area contributed by atoms with Gasteiger partial charge in [-0.1, -0.05) is 0 Å². The molecule has 1 saturated heterocycles. The summed E-state index contributed by atoms with van der Waals surface area (Å²) in [6.07, 6.45) is -11.3. The Morgan fingerprint density at radius 3 is 2.33 bits per heavy atom. The first-order valence-electron chi connectivity index (χ1n) is 11.9. The van der Waals surface area contributed by atoms with Crippen LogP contribution in [0.25, 0.3) is 16.8 Å². The van der Waals surface area contributed by atoms with E-state index in [1.165, 1.54) is 13.2 Å². The number of nitrogens with one attached hydrogen (secondary N) is 1. The van der Waals surface area contributed by atoms with Gasteiger partial charge in [0.25, 0.3) is 11.8 Å². The summed E-state index contributed by atoms with van der Waals surface area (Å²) in [5.41, 5.74) is -0.390. The highest BCUT2D eigenvalue weighted by Crippen LogP contribution is 2.42. The number of anilines is 1. The second-order valence-corrected chi connectivity index (χ2v) is 9.48. The van der Waals surface area contributed by atoms with Crippen LogP contribution in [-0.2, 0) is 11.0 Å². The number of likely N-dealkylation sites (tertiary alicyclic amines) is 1. The van der Waals surface area contributed by atoms with Gasteiger partial charge in [0.1, 0.15) is 18.0 Å². The minimum atomic E-state index is -5.34. The Kier molecular flexibility index (Phi) is 7.64. The normalized spacial score (nSPS) is 19.1. The van der Waals surface area contributed by atoms with Gasteiger partial charge in [0.05, 0.1) is 43.6 Å². The molecule has 11 nitrogen and oxygen atoms in total. The summed E-state index contributed by atoms with van der Waals surface area (Å²) < 4.78 is 107. The molecule has 2 aromatic heterocycles. The molecule has 0 radical (unpaired) electrons. The van der Waals surface area contributed by atoms with Crippen molar-refractivity contribution in [2.45, 2.75) is 37.1 Å². The van der Waals surface area contributed by atoms with Gasteiger partial charge < -0.3 is 30.5 Å². The van der Waals surface area contributed by atoms with E-state index in [0.717, 1.165) is 30.1 Å². The van der Waals surface area contributed by atoms with Crippen LogP contribution in [0.2, 0.25) is 0 Å². The van der Waals surface area contributed by atoms with E-state index >= 15 is 0 Å². The summed E-state index contributed by atoms with van der Waals surface area (Å²) in [5, 5.41) is 15.8.